The molecule has 0 saturated heterocycles. The van der Waals surface area contributed by atoms with Crippen LogP contribution in [0, 0.1) is 0 Å². The second kappa shape index (κ2) is 3.04. The molecule has 0 amide bonds. The Morgan fingerprint density at radius 1 is 1.09 bits per heavy atom. The number of methoxy groups -OCH3 is 1. The summed E-state index contributed by atoms with van der Waals surface area (Å²) in [7, 11) is 1.37. The second-order valence-corrected chi connectivity index (χ2v) is 2.75. The highest BCUT2D eigenvalue weighted by Crippen LogP contribution is 2.21. The fourth-order valence-corrected chi connectivity index (χ4v) is 1.34. The summed E-state index contributed by atoms with van der Waals surface area (Å²) in [6.45, 7) is 0. The molecular formula is C6H13NO4. The van der Waals surface area contributed by atoms with E-state index in [4.69, 9.17) is 20.7 Å². The lowest BCUT2D eigenvalue weighted by Crippen LogP contribution is -2.41. The van der Waals surface area contributed by atoms with Gasteiger partial charge in [0.15, 0.2) is 0 Å². The van der Waals surface area contributed by atoms with Gasteiger partial charge in [-0.05, 0) is 0 Å². The molecule has 66 valence electrons. The van der Waals surface area contributed by atoms with E-state index in [9.17, 15) is 5.11 Å². The highest BCUT2D eigenvalue weighted by molar-refractivity contribution is 5.01. The molecule has 0 aliphatic heterocycles. The van der Waals surface area contributed by atoms with Crippen molar-refractivity contribution in [1.82, 2.24) is 0 Å². The van der Waals surface area contributed by atoms with Crippen LogP contribution in [-0.2, 0) is 4.74 Å². The Labute approximate surface area is 64.4 Å². The van der Waals surface area contributed by atoms with E-state index in [-0.39, 0.29) is 0 Å². The van der Waals surface area contributed by atoms with Gasteiger partial charge in [0.1, 0.15) is 24.4 Å². The molecule has 5 heteroatoms. The Morgan fingerprint density at radius 2 is 1.64 bits per heavy atom. The molecule has 5 atom stereocenters. The molecule has 1 rings (SSSR count). The summed E-state index contributed by atoms with van der Waals surface area (Å²) in [4.78, 5) is 0. The van der Waals surface area contributed by atoms with Crippen LogP contribution >= 0.6 is 0 Å². The maximum absolute atomic E-state index is 9.18. The maximum Gasteiger partial charge on any atom is 0.110 e. The SMILES string of the molecule is CO[C@H]1[C@H](N)[C@H](O)[C@H](O)[C@@H]1O. The Hall–Kier alpha value is -0.200. The highest BCUT2D eigenvalue weighted by Gasteiger charge is 2.47. The van der Waals surface area contributed by atoms with Crippen molar-refractivity contribution >= 4 is 0 Å². The van der Waals surface area contributed by atoms with Crippen molar-refractivity contribution < 1.29 is 20.1 Å². The van der Waals surface area contributed by atoms with Crippen LogP contribution in [0.1, 0.15) is 0 Å². The number of ether oxygens (including phenoxy) is 1. The van der Waals surface area contributed by atoms with Crippen molar-refractivity contribution in [3.8, 4) is 0 Å². The predicted octanol–water partition coefficient (Wildman–Crippen LogP) is -2.57. The van der Waals surface area contributed by atoms with Gasteiger partial charge in [-0.25, -0.2) is 0 Å². The molecule has 0 aromatic rings. The largest absolute Gasteiger partial charge is 0.389 e. The number of nitrogens with two attached hydrogens (primary N) is 1. The third-order valence-electron chi connectivity index (χ3n) is 2.08. The van der Waals surface area contributed by atoms with Crippen molar-refractivity contribution in [3.05, 3.63) is 0 Å². The monoisotopic (exact) mass is 163 g/mol. The van der Waals surface area contributed by atoms with Crippen LogP contribution < -0.4 is 5.73 Å². The first-order chi connectivity index (χ1) is 5.09. The standard InChI is InChI=1S/C6H13NO4/c1-11-6-2(7)3(8)4(9)5(6)10/h2-6,8-10H,7H2,1H3/t2-,3+,4+,5+,6+/m1/s1. The summed E-state index contributed by atoms with van der Waals surface area (Å²) >= 11 is 0. The van der Waals surface area contributed by atoms with E-state index < -0.39 is 30.5 Å². The molecule has 11 heavy (non-hydrogen) atoms. The fraction of sp³-hybridized carbons (Fsp3) is 1.00. The van der Waals surface area contributed by atoms with Gasteiger partial charge < -0.3 is 25.8 Å². The molecule has 0 aromatic carbocycles. The van der Waals surface area contributed by atoms with E-state index in [2.05, 4.69) is 0 Å². The second-order valence-electron chi connectivity index (χ2n) is 2.75. The van der Waals surface area contributed by atoms with Gasteiger partial charge in [-0.3, -0.25) is 0 Å². The fourth-order valence-electron chi connectivity index (χ4n) is 1.34. The Balaban J connectivity index is 2.69. The van der Waals surface area contributed by atoms with Crippen LogP contribution in [-0.4, -0.2) is 52.9 Å². The van der Waals surface area contributed by atoms with E-state index >= 15 is 0 Å². The first-order valence-corrected chi connectivity index (χ1v) is 3.42. The topological polar surface area (TPSA) is 95.9 Å². The van der Waals surface area contributed by atoms with Crippen LogP contribution in [0.5, 0.6) is 0 Å². The zero-order valence-corrected chi connectivity index (χ0v) is 6.21. The summed E-state index contributed by atoms with van der Waals surface area (Å²) < 4.78 is 4.78. The molecule has 5 nitrogen and oxygen atoms in total. The average Bonchev–Trinajstić information content (AvgIpc) is 2.17. The number of aliphatic hydroxyl groups excluding tert-OH is 3. The molecule has 1 aliphatic carbocycles. The summed E-state index contributed by atoms with van der Waals surface area (Å²) in [6.07, 6.45) is -4.07. The third-order valence-corrected chi connectivity index (χ3v) is 2.08. The quantitative estimate of drug-likeness (QED) is 0.340. The summed E-state index contributed by atoms with van der Waals surface area (Å²) in [5.41, 5.74) is 5.42. The summed E-state index contributed by atoms with van der Waals surface area (Å²) in [5.74, 6) is 0. The normalized spacial score (nSPS) is 51.5. The van der Waals surface area contributed by atoms with E-state index in [1.807, 2.05) is 0 Å². The number of rotatable bonds is 1. The molecule has 0 unspecified atom stereocenters. The van der Waals surface area contributed by atoms with Crippen molar-refractivity contribution in [2.75, 3.05) is 7.11 Å². The van der Waals surface area contributed by atoms with Crippen molar-refractivity contribution in [1.29, 1.82) is 0 Å². The van der Waals surface area contributed by atoms with Crippen molar-refractivity contribution in [2.24, 2.45) is 5.73 Å². The smallest absolute Gasteiger partial charge is 0.110 e. The van der Waals surface area contributed by atoms with E-state index in [0.29, 0.717) is 0 Å². The van der Waals surface area contributed by atoms with Gasteiger partial charge >= 0.3 is 0 Å². The molecule has 0 heterocycles. The van der Waals surface area contributed by atoms with E-state index in [1.165, 1.54) is 7.11 Å². The Bertz CT molecular complexity index is 129. The minimum Gasteiger partial charge on any atom is -0.389 e. The van der Waals surface area contributed by atoms with Crippen LogP contribution in [0.15, 0.2) is 0 Å². The van der Waals surface area contributed by atoms with Crippen LogP contribution in [0.3, 0.4) is 0 Å². The predicted molar refractivity (Wildman–Crippen MR) is 36.8 cm³/mol. The maximum atomic E-state index is 9.18. The summed E-state index contributed by atoms with van der Waals surface area (Å²) in [6, 6.07) is -0.718. The van der Waals surface area contributed by atoms with Gasteiger partial charge in [0, 0.05) is 7.11 Å². The zero-order valence-electron chi connectivity index (χ0n) is 6.21. The molecule has 0 spiro atoms. The molecule has 0 aromatic heterocycles. The van der Waals surface area contributed by atoms with Gasteiger partial charge in [-0.15, -0.1) is 0 Å². The minimum absolute atomic E-state index is 0.681. The zero-order chi connectivity index (χ0) is 8.59. The lowest BCUT2D eigenvalue weighted by molar-refractivity contribution is -0.0515. The first kappa shape index (κ1) is 8.89. The molecule has 1 fully saturated rings. The van der Waals surface area contributed by atoms with Crippen LogP contribution in [0.4, 0.5) is 0 Å². The number of hydrogen-bond acceptors (Lipinski definition) is 5. The van der Waals surface area contributed by atoms with Gasteiger partial charge in [0.2, 0.25) is 0 Å². The first-order valence-electron chi connectivity index (χ1n) is 3.42. The van der Waals surface area contributed by atoms with E-state index in [1.54, 1.807) is 0 Å². The number of hydrogen-bond donors (Lipinski definition) is 4. The molecule has 0 bridgehead atoms. The molecular weight excluding hydrogens is 150 g/mol. The summed E-state index contributed by atoms with van der Waals surface area (Å²) in [5, 5.41) is 27.4. The Kier molecular flexibility index (Phi) is 2.46. The molecule has 0 radical (unpaired) electrons. The van der Waals surface area contributed by atoms with E-state index in [0.717, 1.165) is 0 Å². The number of aliphatic hydroxyl groups is 3. The van der Waals surface area contributed by atoms with Gasteiger partial charge in [-0.2, -0.15) is 0 Å². The van der Waals surface area contributed by atoms with Crippen molar-refractivity contribution in [2.45, 2.75) is 30.5 Å². The average molecular weight is 163 g/mol. The van der Waals surface area contributed by atoms with Crippen LogP contribution in [0.25, 0.3) is 0 Å². The molecule has 5 N–H and O–H groups in total. The van der Waals surface area contributed by atoms with Gasteiger partial charge in [0.05, 0.1) is 6.04 Å². The molecule has 1 saturated carbocycles. The van der Waals surface area contributed by atoms with Gasteiger partial charge in [0.25, 0.3) is 0 Å². The lowest BCUT2D eigenvalue weighted by Gasteiger charge is -2.16. The lowest BCUT2D eigenvalue weighted by atomic mass is 10.2. The third kappa shape index (κ3) is 1.25. The van der Waals surface area contributed by atoms with Crippen molar-refractivity contribution in [3.63, 3.8) is 0 Å². The highest BCUT2D eigenvalue weighted by atomic mass is 16.5. The molecule has 1 aliphatic rings. The Morgan fingerprint density at radius 3 is 1.82 bits per heavy atom. The van der Waals surface area contributed by atoms with Crippen LogP contribution in [0.2, 0.25) is 0 Å². The minimum atomic E-state index is -1.20. The van der Waals surface area contributed by atoms with Gasteiger partial charge in [-0.1, -0.05) is 0 Å².